The van der Waals surface area contributed by atoms with Gasteiger partial charge in [-0.15, -0.1) is 0 Å². The molecule has 1 amide bonds. The molecule has 0 aliphatic heterocycles. The van der Waals surface area contributed by atoms with E-state index >= 15 is 0 Å². The average Bonchev–Trinajstić information content (AvgIpc) is 2.67. The maximum absolute atomic E-state index is 12.3. The lowest BCUT2D eigenvalue weighted by molar-refractivity contribution is -0.147. The number of hydrogen-bond donors (Lipinski definition) is 1. The largest absolute Gasteiger partial charge is 0.493 e. The van der Waals surface area contributed by atoms with E-state index in [1.807, 2.05) is 49.4 Å². The van der Waals surface area contributed by atoms with Crippen molar-refractivity contribution < 1.29 is 23.8 Å². The third kappa shape index (κ3) is 6.33. The van der Waals surface area contributed by atoms with Crippen LogP contribution in [0.3, 0.4) is 0 Å². The van der Waals surface area contributed by atoms with E-state index in [4.69, 9.17) is 14.2 Å². The predicted octanol–water partition coefficient (Wildman–Crippen LogP) is 2.67. The Kier molecular flexibility index (Phi) is 7.67. The van der Waals surface area contributed by atoms with Gasteiger partial charge in [0.2, 0.25) is 0 Å². The van der Waals surface area contributed by atoms with Crippen molar-refractivity contribution in [2.45, 2.75) is 26.3 Å². The molecule has 0 bridgehead atoms. The van der Waals surface area contributed by atoms with Crippen molar-refractivity contribution in [2.75, 3.05) is 20.3 Å². The van der Waals surface area contributed by atoms with Gasteiger partial charge in [0.25, 0.3) is 5.91 Å². The number of hydrogen-bond acceptors (Lipinski definition) is 5. The van der Waals surface area contributed by atoms with Crippen molar-refractivity contribution in [1.29, 1.82) is 0 Å². The lowest BCUT2D eigenvalue weighted by atomic mass is 10.1. The Labute approximate surface area is 159 Å². The molecule has 0 saturated heterocycles. The van der Waals surface area contributed by atoms with E-state index in [2.05, 4.69) is 5.32 Å². The molecule has 0 fully saturated rings. The van der Waals surface area contributed by atoms with Crippen LogP contribution in [0.5, 0.6) is 11.5 Å². The highest BCUT2D eigenvalue weighted by atomic mass is 16.5. The van der Waals surface area contributed by atoms with Gasteiger partial charge < -0.3 is 19.5 Å². The number of amides is 1. The van der Waals surface area contributed by atoms with Crippen molar-refractivity contribution in [3.63, 3.8) is 0 Å². The summed E-state index contributed by atoms with van der Waals surface area (Å²) in [6, 6.07) is 14.1. The first-order valence-electron chi connectivity index (χ1n) is 8.80. The molecule has 144 valence electrons. The minimum absolute atomic E-state index is 0.232. The summed E-state index contributed by atoms with van der Waals surface area (Å²) in [6.07, 6.45) is 0.346. The summed E-state index contributed by atoms with van der Waals surface area (Å²) in [5.74, 6) is 0.136. The van der Waals surface area contributed by atoms with Gasteiger partial charge in [-0.05, 0) is 37.1 Å². The zero-order chi connectivity index (χ0) is 19.6. The van der Waals surface area contributed by atoms with Crippen molar-refractivity contribution in [1.82, 2.24) is 5.32 Å². The van der Waals surface area contributed by atoms with E-state index in [9.17, 15) is 9.59 Å². The van der Waals surface area contributed by atoms with Crippen LogP contribution in [0.25, 0.3) is 0 Å². The number of nitrogens with one attached hydrogen (secondary N) is 1. The third-order valence-corrected chi connectivity index (χ3v) is 3.87. The Hall–Kier alpha value is -3.02. The summed E-state index contributed by atoms with van der Waals surface area (Å²) in [7, 11) is 1.54. The number of methoxy groups -OCH3 is 1. The molecule has 6 heteroatoms. The predicted molar refractivity (Wildman–Crippen MR) is 102 cm³/mol. The topological polar surface area (TPSA) is 73.9 Å². The molecule has 0 aliphatic carbocycles. The Morgan fingerprint density at radius 1 is 1.07 bits per heavy atom. The SMILES string of the molecule is CCOC(=O)C(Cc1ccccc1)NC(=O)COc1ccc(C)cc1OC. The summed E-state index contributed by atoms with van der Waals surface area (Å²) in [5, 5.41) is 2.69. The van der Waals surface area contributed by atoms with Gasteiger partial charge in [-0.25, -0.2) is 4.79 Å². The van der Waals surface area contributed by atoms with Crippen LogP contribution in [0.1, 0.15) is 18.1 Å². The van der Waals surface area contributed by atoms with Gasteiger partial charge in [0, 0.05) is 6.42 Å². The van der Waals surface area contributed by atoms with Gasteiger partial charge in [0.05, 0.1) is 13.7 Å². The number of ether oxygens (including phenoxy) is 3. The number of aryl methyl sites for hydroxylation is 1. The summed E-state index contributed by atoms with van der Waals surface area (Å²) in [4.78, 5) is 24.5. The zero-order valence-electron chi connectivity index (χ0n) is 15.9. The highest BCUT2D eigenvalue weighted by molar-refractivity contribution is 5.85. The van der Waals surface area contributed by atoms with Crippen molar-refractivity contribution >= 4 is 11.9 Å². The second-order valence-corrected chi connectivity index (χ2v) is 6.00. The van der Waals surface area contributed by atoms with Crippen molar-refractivity contribution in [3.8, 4) is 11.5 Å². The summed E-state index contributed by atoms with van der Waals surface area (Å²) < 4.78 is 15.9. The van der Waals surface area contributed by atoms with E-state index in [-0.39, 0.29) is 13.2 Å². The average molecular weight is 371 g/mol. The molecule has 1 atom stereocenters. The quantitative estimate of drug-likeness (QED) is 0.686. The number of carbonyl (C=O) groups excluding carboxylic acids is 2. The Balaban J connectivity index is 1.99. The molecule has 0 saturated carbocycles. The first-order valence-corrected chi connectivity index (χ1v) is 8.80. The van der Waals surface area contributed by atoms with Gasteiger partial charge in [0.15, 0.2) is 18.1 Å². The van der Waals surface area contributed by atoms with Gasteiger partial charge >= 0.3 is 5.97 Å². The number of carbonyl (C=O) groups is 2. The van der Waals surface area contributed by atoms with E-state index in [0.717, 1.165) is 11.1 Å². The highest BCUT2D eigenvalue weighted by Gasteiger charge is 2.23. The summed E-state index contributed by atoms with van der Waals surface area (Å²) >= 11 is 0. The van der Waals surface area contributed by atoms with E-state index < -0.39 is 17.9 Å². The molecule has 0 heterocycles. The molecule has 2 aromatic rings. The normalized spacial score (nSPS) is 11.4. The fourth-order valence-electron chi connectivity index (χ4n) is 2.56. The molecule has 0 aliphatic rings. The fraction of sp³-hybridized carbons (Fsp3) is 0.333. The van der Waals surface area contributed by atoms with Crippen LogP contribution < -0.4 is 14.8 Å². The maximum atomic E-state index is 12.3. The third-order valence-electron chi connectivity index (χ3n) is 3.87. The smallest absolute Gasteiger partial charge is 0.328 e. The van der Waals surface area contributed by atoms with Crippen LogP contribution in [0.2, 0.25) is 0 Å². The van der Waals surface area contributed by atoms with Crippen molar-refractivity contribution in [2.24, 2.45) is 0 Å². The van der Waals surface area contributed by atoms with Gasteiger partial charge in [0.1, 0.15) is 6.04 Å². The first kappa shape index (κ1) is 20.3. The molecule has 1 unspecified atom stereocenters. The van der Waals surface area contributed by atoms with Crippen LogP contribution in [0, 0.1) is 6.92 Å². The van der Waals surface area contributed by atoms with E-state index in [1.165, 1.54) is 0 Å². The lowest BCUT2D eigenvalue weighted by Crippen LogP contribution is -2.45. The molecule has 2 aromatic carbocycles. The molecular weight excluding hydrogens is 346 g/mol. The van der Waals surface area contributed by atoms with Gasteiger partial charge in [-0.2, -0.15) is 0 Å². The Morgan fingerprint density at radius 3 is 2.48 bits per heavy atom. The van der Waals surface area contributed by atoms with Gasteiger partial charge in [-0.3, -0.25) is 4.79 Å². The molecule has 0 aromatic heterocycles. The molecule has 1 N–H and O–H groups in total. The number of benzene rings is 2. The molecule has 6 nitrogen and oxygen atoms in total. The van der Waals surface area contributed by atoms with Crippen LogP contribution in [0.15, 0.2) is 48.5 Å². The van der Waals surface area contributed by atoms with Gasteiger partial charge in [-0.1, -0.05) is 36.4 Å². The first-order chi connectivity index (χ1) is 13.0. The Bertz CT molecular complexity index is 760. The van der Waals surface area contributed by atoms with Crippen LogP contribution in [-0.4, -0.2) is 38.2 Å². The second-order valence-electron chi connectivity index (χ2n) is 6.00. The van der Waals surface area contributed by atoms with E-state index in [1.54, 1.807) is 20.1 Å². The molecular formula is C21H25NO5. The molecule has 27 heavy (non-hydrogen) atoms. The monoisotopic (exact) mass is 371 g/mol. The maximum Gasteiger partial charge on any atom is 0.328 e. The zero-order valence-corrected chi connectivity index (χ0v) is 15.9. The minimum Gasteiger partial charge on any atom is -0.493 e. The number of esters is 1. The molecule has 0 radical (unpaired) electrons. The molecule has 2 rings (SSSR count). The number of rotatable bonds is 9. The van der Waals surface area contributed by atoms with Crippen LogP contribution in [-0.2, 0) is 20.7 Å². The van der Waals surface area contributed by atoms with Crippen LogP contribution in [0.4, 0.5) is 0 Å². The highest BCUT2D eigenvalue weighted by Crippen LogP contribution is 2.27. The summed E-state index contributed by atoms with van der Waals surface area (Å²) in [5.41, 5.74) is 1.95. The summed E-state index contributed by atoms with van der Waals surface area (Å²) in [6.45, 7) is 3.68. The van der Waals surface area contributed by atoms with E-state index in [0.29, 0.717) is 17.9 Å². The fourth-order valence-corrected chi connectivity index (χ4v) is 2.56. The van der Waals surface area contributed by atoms with Crippen molar-refractivity contribution in [3.05, 3.63) is 59.7 Å². The standard InChI is InChI=1S/C21H25NO5/c1-4-26-21(24)17(13-16-8-6-5-7-9-16)22-20(23)14-27-18-11-10-15(2)12-19(18)25-3/h5-12,17H,4,13-14H2,1-3H3,(H,22,23). The van der Waals surface area contributed by atoms with Crippen LogP contribution >= 0.6 is 0 Å². The second kappa shape index (κ2) is 10.2. The molecule has 0 spiro atoms. The minimum atomic E-state index is -0.775. The Morgan fingerprint density at radius 2 is 1.81 bits per heavy atom. The lowest BCUT2D eigenvalue weighted by Gasteiger charge is -2.18.